The number of morpholine rings is 1. The van der Waals surface area contributed by atoms with Crippen molar-refractivity contribution >= 4 is 21.9 Å². The van der Waals surface area contributed by atoms with Crippen LogP contribution >= 0.6 is 15.9 Å². The molecule has 0 saturated carbocycles. The Morgan fingerprint density at radius 1 is 1.50 bits per heavy atom. The van der Waals surface area contributed by atoms with Crippen LogP contribution in [0.1, 0.15) is 18.1 Å². The maximum atomic E-state index is 10.6. The van der Waals surface area contributed by atoms with Crippen LogP contribution in [0.15, 0.2) is 28.7 Å². The van der Waals surface area contributed by atoms with Crippen molar-refractivity contribution in [2.45, 2.75) is 12.5 Å². The second-order valence-corrected chi connectivity index (χ2v) is 5.18. The molecule has 1 saturated heterocycles. The van der Waals surface area contributed by atoms with Gasteiger partial charge >= 0.3 is 5.97 Å². The fourth-order valence-corrected chi connectivity index (χ4v) is 2.62. The first kappa shape index (κ1) is 13.5. The van der Waals surface area contributed by atoms with E-state index in [1.807, 2.05) is 24.3 Å². The van der Waals surface area contributed by atoms with Crippen molar-refractivity contribution in [1.82, 2.24) is 4.90 Å². The molecule has 1 aliphatic heterocycles. The average Bonchev–Trinajstić information content (AvgIpc) is 2.37. The van der Waals surface area contributed by atoms with Crippen molar-refractivity contribution in [2.24, 2.45) is 0 Å². The maximum Gasteiger partial charge on any atom is 0.304 e. The van der Waals surface area contributed by atoms with Crippen molar-refractivity contribution in [3.05, 3.63) is 34.3 Å². The van der Waals surface area contributed by atoms with Crippen LogP contribution in [-0.4, -0.2) is 42.2 Å². The van der Waals surface area contributed by atoms with Crippen molar-refractivity contribution in [3.8, 4) is 0 Å². The van der Waals surface area contributed by atoms with Gasteiger partial charge in [-0.1, -0.05) is 34.1 Å². The molecule has 1 aromatic carbocycles. The molecular formula is C13H16BrNO3. The fraction of sp³-hybridized carbons (Fsp3) is 0.462. The van der Waals surface area contributed by atoms with Crippen LogP contribution in [0, 0.1) is 0 Å². The Labute approximate surface area is 115 Å². The van der Waals surface area contributed by atoms with E-state index in [9.17, 15) is 4.79 Å². The van der Waals surface area contributed by atoms with Crippen molar-refractivity contribution in [3.63, 3.8) is 0 Å². The Hall–Kier alpha value is -0.910. The quantitative estimate of drug-likeness (QED) is 0.926. The molecule has 0 bridgehead atoms. The van der Waals surface area contributed by atoms with Crippen LogP contribution in [0.4, 0.5) is 0 Å². The van der Waals surface area contributed by atoms with Crippen LogP contribution in [0.25, 0.3) is 0 Å². The van der Waals surface area contributed by atoms with Gasteiger partial charge in [0.15, 0.2) is 0 Å². The molecule has 0 radical (unpaired) electrons. The molecule has 1 atom stereocenters. The van der Waals surface area contributed by atoms with Gasteiger partial charge in [0.05, 0.1) is 19.1 Å². The Bertz CT molecular complexity index is 424. The van der Waals surface area contributed by atoms with E-state index < -0.39 is 5.97 Å². The average molecular weight is 314 g/mol. The standard InChI is InChI=1S/C13H16BrNO3/c14-11-4-2-1-3-10(11)12-9-15(7-8-18-12)6-5-13(16)17/h1-4,12H,5-9H2,(H,16,17). The van der Waals surface area contributed by atoms with Gasteiger partial charge < -0.3 is 9.84 Å². The monoisotopic (exact) mass is 313 g/mol. The van der Waals surface area contributed by atoms with E-state index in [0.717, 1.165) is 23.1 Å². The highest BCUT2D eigenvalue weighted by Crippen LogP contribution is 2.28. The third-order valence-electron chi connectivity index (χ3n) is 3.04. The molecule has 1 aromatic rings. The Kier molecular flexibility index (Phi) is 4.74. The predicted molar refractivity (Wildman–Crippen MR) is 71.5 cm³/mol. The van der Waals surface area contributed by atoms with Crippen LogP contribution in [-0.2, 0) is 9.53 Å². The Morgan fingerprint density at radius 2 is 2.28 bits per heavy atom. The molecule has 1 aliphatic rings. The normalized spacial score (nSPS) is 20.8. The number of hydrogen-bond acceptors (Lipinski definition) is 3. The van der Waals surface area contributed by atoms with Crippen LogP contribution in [0.2, 0.25) is 0 Å². The molecule has 1 N–H and O–H groups in total. The van der Waals surface area contributed by atoms with E-state index in [1.54, 1.807) is 0 Å². The van der Waals surface area contributed by atoms with Crippen molar-refractivity contribution in [2.75, 3.05) is 26.2 Å². The number of carbonyl (C=O) groups is 1. The molecule has 1 unspecified atom stereocenters. The molecule has 18 heavy (non-hydrogen) atoms. The minimum Gasteiger partial charge on any atom is -0.481 e. The first-order valence-electron chi connectivity index (χ1n) is 5.97. The highest BCUT2D eigenvalue weighted by atomic mass is 79.9. The molecule has 0 spiro atoms. The van der Waals surface area contributed by atoms with Gasteiger partial charge in [-0.2, -0.15) is 0 Å². The summed E-state index contributed by atoms with van der Waals surface area (Å²) < 4.78 is 6.80. The minimum atomic E-state index is -0.751. The van der Waals surface area contributed by atoms with E-state index in [0.29, 0.717) is 13.2 Å². The van der Waals surface area contributed by atoms with Gasteiger partial charge in [0.1, 0.15) is 0 Å². The molecule has 1 fully saturated rings. The summed E-state index contributed by atoms with van der Waals surface area (Å²) in [7, 11) is 0. The third kappa shape index (κ3) is 3.54. The highest BCUT2D eigenvalue weighted by molar-refractivity contribution is 9.10. The molecule has 1 heterocycles. The number of nitrogens with zero attached hydrogens (tertiary/aromatic N) is 1. The van der Waals surface area contributed by atoms with Gasteiger partial charge in [0, 0.05) is 24.1 Å². The van der Waals surface area contributed by atoms with Gasteiger partial charge in [-0.15, -0.1) is 0 Å². The summed E-state index contributed by atoms with van der Waals surface area (Å²) in [5, 5.41) is 8.71. The number of benzene rings is 1. The fourth-order valence-electron chi connectivity index (χ4n) is 2.08. The second kappa shape index (κ2) is 6.31. The number of aliphatic carboxylic acids is 1. The lowest BCUT2D eigenvalue weighted by Crippen LogP contribution is -2.39. The maximum absolute atomic E-state index is 10.6. The topological polar surface area (TPSA) is 49.8 Å². The number of rotatable bonds is 4. The van der Waals surface area contributed by atoms with Gasteiger partial charge in [-0.25, -0.2) is 0 Å². The lowest BCUT2D eigenvalue weighted by atomic mass is 10.1. The zero-order valence-electron chi connectivity index (χ0n) is 10.0. The van der Waals surface area contributed by atoms with Crippen LogP contribution in [0.3, 0.4) is 0 Å². The van der Waals surface area contributed by atoms with Crippen LogP contribution < -0.4 is 0 Å². The molecule has 0 amide bonds. The van der Waals surface area contributed by atoms with E-state index in [-0.39, 0.29) is 12.5 Å². The first-order chi connectivity index (χ1) is 8.66. The SMILES string of the molecule is O=C(O)CCN1CCOC(c2ccccc2Br)C1. The summed E-state index contributed by atoms with van der Waals surface area (Å²) in [6.45, 7) is 2.77. The minimum absolute atomic E-state index is 0.0168. The zero-order chi connectivity index (χ0) is 13.0. The van der Waals surface area contributed by atoms with Gasteiger partial charge in [0.25, 0.3) is 0 Å². The molecule has 5 heteroatoms. The number of carboxylic acid groups (broad SMARTS) is 1. The number of carboxylic acids is 1. The molecular weight excluding hydrogens is 298 g/mol. The van der Waals surface area contributed by atoms with E-state index in [1.165, 1.54) is 0 Å². The smallest absolute Gasteiger partial charge is 0.304 e. The second-order valence-electron chi connectivity index (χ2n) is 4.33. The summed E-state index contributed by atoms with van der Waals surface area (Å²) in [4.78, 5) is 12.7. The molecule has 2 rings (SSSR count). The molecule has 98 valence electrons. The number of halogens is 1. The lowest BCUT2D eigenvalue weighted by Gasteiger charge is -2.33. The van der Waals surface area contributed by atoms with Gasteiger partial charge in [-0.05, 0) is 11.6 Å². The van der Waals surface area contributed by atoms with Crippen LogP contribution in [0.5, 0.6) is 0 Å². The summed E-state index contributed by atoms with van der Waals surface area (Å²) in [6, 6.07) is 7.99. The lowest BCUT2D eigenvalue weighted by molar-refractivity contribution is -0.137. The summed E-state index contributed by atoms with van der Waals surface area (Å²) in [5.74, 6) is -0.751. The Balaban J connectivity index is 1.98. The highest BCUT2D eigenvalue weighted by Gasteiger charge is 2.23. The van der Waals surface area contributed by atoms with E-state index >= 15 is 0 Å². The van der Waals surface area contributed by atoms with Gasteiger partial charge in [-0.3, -0.25) is 9.69 Å². The third-order valence-corrected chi connectivity index (χ3v) is 3.77. The van der Waals surface area contributed by atoms with E-state index in [4.69, 9.17) is 9.84 Å². The summed E-state index contributed by atoms with van der Waals surface area (Å²) in [6.07, 6.45) is 0.200. The van der Waals surface area contributed by atoms with E-state index in [2.05, 4.69) is 20.8 Å². The number of hydrogen-bond donors (Lipinski definition) is 1. The zero-order valence-corrected chi connectivity index (χ0v) is 11.6. The first-order valence-corrected chi connectivity index (χ1v) is 6.76. The van der Waals surface area contributed by atoms with Crippen molar-refractivity contribution in [1.29, 1.82) is 0 Å². The molecule has 0 aliphatic carbocycles. The molecule has 0 aromatic heterocycles. The Morgan fingerprint density at radius 3 is 3.00 bits per heavy atom. The summed E-state index contributed by atoms with van der Waals surface area (Å²) in [5.41, 5.74) is 1.12. The summed E-state index contributed by atoms with van der Waals surface area (Å²) >= 11 is 3.52. The predicted octanol–water partition coefficient (Wildman–Crippen LogP) is 2.30. The largest absolute Gasteiger partial charge is 0.481 e. The van der Waals surface area contributed by atoms with Gasteiger partial charge in [0.2, 0.25) is 0 Å². The number of ether oxygens (including phenoxy) is 1. The molecule has 4 nitrogen and oxygen atoms in total. The van der Waals surface area contributed by atoms with Crippen molar-refractivity contribution < 1.29 is 14.6 Å².